The molecule has 0 bridgehead atoms. The topological polar surface area (TPSA) is 57.8 Å². The number of fused-ring (bicyclic) bond motifs is 1. The number of nitrogens with zero attached hydrogens (tertiary/aromatic N) is 1. The number of anilines is 1. The number of thiophene rings is 1. The van der Waals surface area contributed by atoms with Gasteiger partial charge in [0.1, 0.15) is 5.82 Å². The highest BCUT2D eigenvalue weighted by molar-refractivity contribution is 7.98. The van der Waals surface area contributed by atoms with E-state index in [-0.39, 0.29) is 5.91 Å². The minimum Gasteiger partial charge on any atom is -0.306 e. The third kappa shape index (κ3) is 2.55. The quantitative estimate of drug-likeness (QED) is 0.914. The van der Waals surface area contributed by atoms with Crippen LogP contribution >= 0.6 is 23.1 Å². The second-order valence-corrected chi connectivity index (χ2v) is 6.68. The summed E-state index contributed by atoms with van der Waals surface area (Å²) in [7, 11) is 0. The van der Waals surface area contributed by atoms with E-state index in [4.69, 9.17) is 0 Å². The fraction of sp³-hybridized carbons (Fsp3) is 0.385. The summed E-state index contributed by atoms with van der Waals surface area (Å²) in [5.74, 6) is 2.87. The second kappa shape index (κ2) is 5.38. The average molecular weight is 293 g/mol. The zero-order chi connectivity index (χ0) is 13.2. The van der Waals surface area contributed by atoms with E-state index in [1.807, 2.05) is 24.8 Å². The molecule has 2 aromatic rings. The lowest BCUT2D eigenvalue weighted by atomic mass is 10.2. The zero-order valence-electron chi connectivity index (χ0n) is 10.7. The van der Waals surface area contributed by atoms with Crippen molar-refractivity contribution >= 4 is 34.8 Å². The van der Waals surface area contributed by atoms with Crippen molar-refractivity contribution in [3.63, 3.8) is 0 Å². The molecule has 19 heavy (non-hydrogen) atoms. The number of aromatic nitrogens is 2. The van der Waals surface area contributed by atoms with Crippen LogP contribution in [-0.2, 0) is 18.6 Å². The van der Waals surface area contributed by atoms with Gasteiger partial charge >= 0.3 is 0 Å². The van der Waals surface area contributed by atoms with Crippen LogP contribution in [-0.4, -0.2) is 21.9 Å². The Bertz CT molecular complexity index is 579. The van der Waals surface area contributed by atoms with Crippen LogP contribution < -0.4 is 5.32 Å². The number of aromatic amines is 1. The number of hydrogen-bond donors (Lipinski definition) is 2. The van der Waals surface area contributed by atoms with Crippen molar-refractivity contribution in [3.05, 3.63) is 33.1 Å². The number of aryl methyl sites for hydroxylation is 2. The SMILES string of the molecule is CCc1cn[nH]c1NC(=O)c1cc2c(s1)CCSC2. The van der Waals surface area contributed by atoms with Gasteiger partial charge in [0.2, 0.25) is 0 Å². The summed E-state index contributed by atoms with van der Waals surface area (Å²) < 4.78 is 0. The average Bonchev–Trinajstić information content (AvgIpc) is 3.03. The van der Waals surface area contributed by atoms with Crippen molar-refractivity contribution in [2.24, 2.45) is 0 Å². The zero-order valence-corrected chi connectivity index (χ0v) is 12.3. The van der Waals surface area contributed by atoms with Crippen LogP contribution in [0.4, 0.5) is 5.82 Å². The van der Waals surface area contributed by atoms with Crippen LogP contribution in [0.15, 0.2) is 12.3 Å². The lowest BCUT2D eigenvalue weighted by molar-refractivity contribution is 0.103. The molecule has 1 aliphatic rings. The van der Waals surface area contributed by atoms with Gasteiger partial charge in [-0.1, -0.05) is 6.92 Å². The van der Waals surface area contributed by atoms with Gasteiger partial charge in [0.25, 0.3) is 5.91 Å². The first-order valence-electron chi connectivity index (χ1n) is 6.31. The highest BCUT2D eigenvalue weighted by atomic mass is 32.2. The summed E-state index contributed by atoms with van der Waals surface area (Å²) in [6, 6.07) is 2.03. The van der Waals surface area contributed by atoms with E-state index in [0.717, 1.165) is 34.8 Å². The predicted octanol–water partition coefficient (Wildman–Crippen LogP) is 3.08. The highest BCUT2D eigenvalue weighted by Gasteiger charge is 2.18. The molecule has 0 fully saturated rings. The Hall–Kier alpha value is -1.27. The van der Waals surface area contributed by atoms with Gasteiger partial charge in [0.05, 0.1) is 11.1 Å². The molecule has 100 valence electrons. The van der Waals surface area contributed by atoms with Gasteiger partial charge in [-0.3, -0.25) is 9.89 Å². The molecular formula is C13H15N3OS2. The number of thioether (sulfide) groups is 1. The van der Waals surface area contributed by atoms with Gasteiger partial charge in [-0.05, 0) is 30.2 Å². The van der Waals surface area contributed by atoms with E-state index in [9.17, 15) is 4.79 Å². The first-order valence-corrected chi connectivity index (χ1v) is 8.28. The van der Waals surface area contributed by atoms with Crippen molar-refractivity contribution in [1.82, 2.24) is 10.2 Å². The number of nitrogens with one attached hydrogen (secondary N) is 2. The molecular weight excluding hydrogens is 278 g/mol. The Morgan fingerprint density at radius 2 is 2.47 bits per heavy atom. The third-order valence-electron chi connectivity index (χ3n) is 3.19. The van der Waals surface area contributed by atoms with Gasteiger partial charge in [0.15, 0.2) is 0 Å². The molecule has 0 radical (unpaired) electrons. The largest absolute Gasteiger partial charge is 0.306 e. The molecule has 1 aliphatic heterocycles. The van der Waals surface area contributed by atoms with Crippen LogP contribution in [0.1, 0.15) is 32.6 Å². The molecule has 0 aliphatic carbocycles. The van der Waals surface area contributed by atoms with Crippen LogP contribution in [0.3, 0.4) is 0 Å². The lowest BCUT2D eigenvalue weighted by Crippen LogP contribution is -2.11. The first-order chi connectivity index (χ1) is 9.28. The van der Waals surface area contributed by atoms with Crippen molar-refractivity contribution < 1.29 is 4.79 Å². The van der Waals surface area contributed by atoms with E-state index >= 15 is 0 Å². The molecule has 6 heteroatoms. The number of H-pyrrole nitrogens is 1. The molecule has 0 aromatic carbocycles. The molecule has 3 heterocycles. The van der Waals surface area contributed by atoms with Gasteiger partial charge in [-0.15, -0.1) is 11.3 Å². The van der Waals surface area contributed by atoms with Gasteiger partial charge < -0.3 is 5.32 Å². The van der Waals surface area contributed by atoms with Crippen LogP contribution in [0.2, 0.25) is 0 Å². The Morgan fingerprint density at radius 1 is 1.58 bits per heavy atom. The molecule has 4 nitrogen and oxygen atoms in total. The maximum atomic E-state index is 12.2. The van der Waals surface area contributed by atoms with E-state index in [2.05, 4.69) is 15.5 Å². The smallest absolute Gasteiger partial charge is 0.266 e. The van der Waals surface area contributed by atoms with Crippen LogP contribution in [0.5, 0.6) is 0 Å². The van der Waals surface area contributed by atoms with E-state index in [1.54, 1.807) is 17.5 Å². The molecule has 0 atom stereocenters. The predicted molar refractivity (Wildman–Crippen MR) is 80.1 cm³/mol. The molecule has 2 N–H and O–H groups in total. The lowest BCUT2D eigenvalue weighted by Gasteiger charge is -2.08. The van der Waals surface area contributed by atoms with Crippen molar-refractivity contribution in [1.29, 1.82) is 0 Å². The second-order valence-electron chi connectivity index (χ2n) is 4.44. The monoisotopic (exact) mass is 293 g/mol. The highest BCUT2D eigenvalue weighted by Crippen LogP contribution is 2.32. The summed E-state index contributed by atoms with van der Waals surface area (Å²) in [6.45, 7) is 2.04. The number of hydrogen-bond acceptors (Lipinski definition) is 4. The van der Waals surface area contributed by atoms with Crippen molar-refractivity contribution in [2.45, 2.75) is 25.5 Å². The summed E-state index contributed by atoms with van der Waals surface area (Å²) in [5.41, 5.74) is 2.36. The minimum absolute atomic E-state index is 0.0386. The van der Waals surface area contributed by atoms with E-state index in [0.29, 0.717) is 5.82 Å². The maximum Gasteiger partial charge on any atom is 0.266 e. The maximum absolute atomic E-state index is 12.2. The summed E-state index contributed by atoms with van der Waals surface area (Å²) in [5, 5.41) is 9.72. The van der Waals surface area contributed by atoms with Crippen molar-refractivity contribution in [2.75, 3.05) is 11.1 Å². The molecule has 0 saturated carbocycles. The Balaban J connectivity index is 1.79. The Kier molecular flexibility index (Phi) is 3.61. The molecule has 0 saturated heterocycles. The van der Waals surface area contributed by atoms with Crippen LogP contribution in [0.25, 0.3) is 0 Å². The van der Waals surface area contributed by atoms with E-state index in [1.165, 1.54) is 10.4 Å². The van der Waals surface area contributed by atoms with Gasteiger partial charge in [0, 0.05) is 16.2 Å². The third-order valence-corrected chi connectivity index (χ3v) is 5.43. The standard InChI is InChI=1S/C13H15N3OS2/c1-2-8-6-14-16-12(8)15-13(17)11-5-9-7-18-4-3-10(9)19-11/h5-6H,2-4,7H2,1H3,(H2,14,15,16,17). The van der Waals surface area contributed by atoms with E-state index < -0.39 is 0 Å². The number of rotatable bonds is 3. The molecule has 3 rings (SSSR count). The molecule has 0 unspecified atom stereocenters. The Morgan fingerprint density at radius 3 is 3.26 bits per heavy atom. The van der Waals surface area contributed by atoms with Crippen LogP contribution in [0, 0.1) is 0 Å². The minimum atomic E-state index is -0.0386. The number of carbonyl (C=O) groups excluding carboxylic acids is 1. The number of amides is 1. The molecule has 1 amide bonds. The fourth-order valence-electron chi connectivity index (χ4n) is 2.12. The van der Waals surface area contributed by atoms with Crippen molar-refractivity contribution in [3.8, 4) is 0 Å². The summed E-state index contributed by atoms with van der Waals surface area (Å²) in [6.07, 6.45) is 3.69. The first kappa shape index (κ1) is 12.7. The summed E-state index contributed by atoms with van der Waals surface area (Å²) in [4.78, 5) is 14.4. The number of carbonyl (C=O) groups is 1. The Labute approximate surface area is 120 Å². The molecule has 0 spiro atoms. The summed E-state index contributed by atoms with van der Waals surface area (Å²) >= 11 is 3.55. The van der Waals surface area contributed by atoms with Gasteiger partial charge in [-0.25, -0.2) is 0 Å². The normalized spacial score (nSPS) is 14.2. The molecule has 2 aromatic heterocycles. The fourth-order valence-corrected chi connectivity index (χ4v) is 4.39. The van der Waals surface area contributed by atoms with Gasteiger partial charge in [-0.2, -0.15) is 16.9 Å².